The van der Waals surface area contributed by atoms with Gasteiger partial charge in [0.25, 0.3) is 0 Å². The molecule has 0 atom stereocenters. The van der Waals surface area contributed by atoms with Gasteiger partial charge in [-0.25, -0.2) is 4.79 Å². The van der Waals surface area contributed by atoms with E-state index >= 15 is 0 Å². The number of benzene rings is 2. The number of methoxy groups -OCH3 is 1. The van der Waals surface area contributed by atoms with Crippen LogP contribution in [0.2, 0.25) is 0 Å². The Morgan fingerprint density at radius 3 is 2.32 bits per heavy atom. The molecule has 1 saturated heterocycles. The molecular formula is C30H40N2O5. The van der Waals surface area contributed by atoms with Crippen LogP contribution in [-0.2, 0) is 22.7 Å². The largest absolute Gasteiger partial charge is 0.493 e. The number of carbonyl (C=O) groups is 2. The number of carbonyl (C=O) groups excluding carboxylic acids is 2. The summed E-state index contributed by atoms with van der Waals surface area (Å²) in [6, 6.07) is 15.7. The molecule has 0 bridgehead atoms. The van der Waals surface area contributed by atoms with Crippen LogP contribution in [0.1, 0.15) is 63.0 Å². The van der Waals surface area contributed by atoms with Gasteiger partial charge in [-0.1, -0.05) is 49.7 Å². The Balaban J connectivity index is 1.19. The third-order valence-corrected chi connectivity index (χ3v) is 7.69. The summed E-state index contributed by atoms with van der Waals surface area (Å²) in [6.07, 6.45) is 6.56. The van der Waals surface area contributed by atoms with E-state index in [2.05, 4.69) is 12.2 Å². The minimum atomic E-state index is -0.222. The Labute approximate surface area is 220 Å². The zero-order chi connectivity index (χ0) is 26.0. The van der Waals surface area contributed by atoms with Crippen molar-refractivity contribution in [3.05, 3.63) is 59.7 Å². The Morgan fingerprint density at radius 1 is 0.919 bits per heavy atom. The van der Waals surface area contributed by atoms with E-state index in [1.54, 1.807) is 12.0 Å². The van der Waals surface area contributed by atoms with Crippen LogP contribution in [0.3, 0.4) is 0 Å². The molecule has 1 N–H and O–H groups in total. The van der Waals surface area contributed by atoms with Gasteiger partial charge in [0.05, 0.1) is 7.11 Å². The molecule has 2 aliphatic rings. The molecule has 1 heterocycles. The second kappa shape index (κ2) is 13.4. The molecule has 4 rings (SSSR count). The number of ether oxygens (including phenoxy) is 3. The van der Waals surface area contributed by atoms with Crippen molar-refractivity contribution < 1.29 is 23.8 Å². The summed E-state index contributed by atoms with van der Waals surface area (Å²) in [5.41, 5.74) is 2.02. The minimum absolute atomic E-state index is 0.0225. The molecule has 0 radical (unpaired) electrons. The summed E-state index contributed by atoms with van der Waals surface area (Å²) in [6.45, 7) is 4.22. The predicted octanol–water partition coefficient (Wildman–Crippen LogP) is 5.71. The highest BCUT2D eigenvalue weighted by molar-refractivity contribution is 5.79. The van der Waals surface area contributed by atoms with Gasteiger partial charge in [-0.05, 0) is 67.7 Å². The second-order valence-corrected chi connectivity index (χ2v) is 10.2. The Hall–Kier alpha value is -3.22. The van der Waals surface area contributed by atoms with E-state index in [1.165, 1.54) is 6.42 Å². The summed E-state index contributed by atoms with van der Waals surface area (Å²) in [5.74, 6) is 2.00. The molecule has 0 spiro atoms. The summed E-state index contributed by atoms with van der Waals surface area (Å²) in [5, 5.41) is 3.05. The lowest BCUT2D eigenvalue weighted by Crippen LogP contribution is -2.44. The number of hydrogen-bond acceptors (Lipinski definition) is 5. The molecular weight excluding hydrogens is 468 g/mol. The maximum absolute atomic E-state index is 12.8. The molecule has 1 saturated carbocycles. The SMILES string of the molecule is CC[C@H]1CC[C@@H](OC(=O)N2CCC(C(=O)NCc3ccc(OCc4ccccc4)c(OC)c3)CC2)CC1. The van der Waals surface area contributed by atoms with Crippen LogP contribution in [0.25, 0.3) is 0 Å². The Morgan fingerprint density at radius 2 is 1.65 bits per heavy atom. The van der Waals surface area contributed by atoms with Crippen molar-refractivity contribution in [1.29, 1.82) is 0 Å². The summed E-state index contributed by atoms with van der Waals surface area (Å²) in [4.78, 5) is 27.2. The molecule has 2 aromatic carbocycles. The second-order valence-electron chi connectivity index (χ2n) is 10.2. The van der Waals surface area contributed by atoms with Crippen LogP contribution in [0.15, 0.2) is 48.5 Å². The van der Waals surface area contributed by atoms with Crippen LogP contribution < -0.4 is 14.8 Å². The van der Waals surface area contributed by atoms with E-state index in [-0.39, 0.29) is 24.0 Å². The number of nitrogens with zero attached hydrogens (tertiary/aromatic N) is 1. The van der Waals surface area contributed by atoms with Gasteiger partial charge in [-0.15, -0.1) is 0 Å². The number of nitrogens with one attached hydrogen (secondary N) is 1. The highest BCUT2D eigenvalue weighted by Gasteiger charge is 2.30. The zero-order valence-electron chi connectivity index (χ0n) is 22.1. The van der Waals surface area contributed by atoms with Crippen LogP contribution in [0.5, 0.6) is 11.5 Å². The van der Waals surface area contributed by atoms with Crippen molar-refractivity contribution in [3.63, 3.8) is 0 Å². The molecule has 0 aromatic heterocycles. The van der Waals surface area contributed by atoms with Crippen LogP contribution in [-0.4, -0.2) is 43.2 Å². The minimum Gasteiger partial charge on any atom is -0.493 e. The molecule has 7 nitrogen and oxygen atoms in total. The third-order valence-electron chi connectivity index (χ3n) is 7.69. The lowest BCUT2D eigenvalue weighted by Gasteiger charge is -2.33. The summed E-state index contributed by atoms with van der Waals surface area (Å²) < 4.78 is 17.2. The monoisotopic (exact) mass is 508 g/mol. The fraction of sp³-hybridized carbons (Fsp3) is 0.533. The van der Waals surface area contributed by atoms with Gasteiger partial charge in [-0.2, -0.15) is 0 Å². The van der Waals surface area contributed by atoms with Gasteiger partial charge >= 0.3 is 6.09 Å². The highest BCUT2D eigenvalue weighted by Crippen LogP contribution is 2.30. The number of hydrogen-bond donors (Lipinski definition) is 1. The van der Waals surface area contributed by atoms with Crippen LogP contribution in [0.4, 0.5) is 4.79 Å². The first-order valence-electron chi connectivity index (χ1n) is 13.6. The van der Waals surface area contributed by atoms with Crippen molar-refractivity contribution in [3.8, 4) is 11.5 Å². The Kier molecular flexibility index (Phi) is 9.69. The van der Waals surface area contributed by atoms with Crippen molar-refractivity contribution in [2.45, 2.75) is 71.1 Å². The first-order chi connectivity index (χ1) is 18.1. The van der Waals surface area contributed by atoms with Gasteiger partial charge in [0.15, 0.2) is 11.5 Å². The quantitative estimate of drug-likeness (QED) is 0.470. The molecule has 37 heavy (non-hydrogen) atoms. The molecule has 1 aliphatic carbocycles. The maximum Gasteiger partial charge on any atom is 0.410 e. The number of likely N-dealkylation sites (tertiary alicyclic amines) is 1. The predicted molar refractivity (Wildman–Crippen MR) is 142 cm³/mol. The average molecular weight is 509 g/mol. The number of amides is 2. The Bertz CT molecular complexity index is 1010. The van der Waals surface area contributed by atoms with E-state index < -0.39 is 0 Å². The van der Waals surface area contributed by atoms with Crippen molar-refractivity contribution in [2.75, 3.05) is 20.2 Å². The summed E-state index contributed by atoms with van der Waals surface area (Å²) >= 11 is 0. The summed E-state index contributed by atoms with van der Waals surface area (Å²) in [7, 11) is 1.61. The van der Waals surface area contributed by atoms with Crippen molar-refractivity contribution >= 4 is 12.0 Å². The van der Waals surface area contributed by atoms with Crippen LogP contribution in [0, 0.1) is 11.8 Å². The van der Waals surface area contributed by atoms with Gasteiger partial charge in [-0.3, -0.25) is 4.79 Å². The van der Waals surface area contributed by atoms with Crippen molar-refractivity contribution in [2.24, 2.45) is 11.8 Å². The third kappa shape index (κ3) is 7.63. The molecule has 2 fully saturated rings. The average Bonchev–Trinajstić information content (AvgIpc) is 2.96. The topological polar surface area (TPSA) is 77.1 Å². The first-order valence-corrected chi connectivity index (χ1v) is 13.6. The standard InChI is InChI=1S/C30H40N2O5/c1-3-22-9-12-26(13-10-22)37-30(34)32-17-15-25(16-18-32)29(33)31-20-24-11-14-27(28(19-24)35-2)36-21-23-7-5-4-6-8-23/h4-8,11,14,19,22,25-26H,3,9-10,12-13,15-18,20-21H2,1-2H3,(H,31,33)/t22-,26+. The van der Waals surface area contributed by atoms with E-state index in [9.17, 15) is 9.59 Å². The smallest absolute Gasteiger partial charge is 0.410 e. The number of rotatable bonds is 9. The highest BCUT2D eigenvalue weighted by atomic mass is 16.6. The molecule has 2 amide bonds. The maximum atomic E-state index is 12.8. The zero-order valence-corrected chi connectivity index (χ0v) is 22.1. The van der Waals surface area contributed by atoms with E-state index in [0.717, 1.165) is 42.7 Å². The van der Waals surface area contributed by atoms with E-state index in [1.807, 2.05) is 48.5 Å². The van der Waals surface area contributed by atoms with E-state index in [0.29, 0.717) is 50.6 Å². The molecule has 2 aromatic rings. The molecule has 1 aliphatic heterocycles. The molecule has 0 unspecified atom stereocenters. The van der Waals surface area contributed by atoms with E-state index in [4.69, 9.17) is 14.2 Å². The van der Waals surface area contributed by atoms with Gasteiger partial charge < -0.3 is 24.4 Å². The van der Waals surface area contributed by atoms with Gasteiger partial charge in [0.1, 0.15) is 12.7 Å². The fourth-order valence-corrected chi connectivity index (χ4v) is 5.21. The number of piperidine rings is 1. The van der Waals surface area contributed by atoms with Gasteiger partial charge in [0, 0.05) is 25.6 Å². The van der Waals surface area contributed by atoms with Crippen molar-refractivity contribution in [1.82, 2.24) is 10.2 Å². The fourth-order valence-electron chi connectivity index (χ4n) is 5.21. The van der Waals surface area contributed by atoms with Gasteiger partial charge in [0.2, 0.25) is 5.91 Å². The first kappa shape index (κ1) is 26.8. The van der Waals surface area contributed by atoms with Crippen LogP contribution >= 0.6 is 0 Å². The lowest BCUT2D eigenvalue weighted by atomic mass is 9.86. The molecule has 200 valence electrons. The lowest BCUT2D eigenvalue weighted by molar-refractivity contribution is -0.126. The molecule has 7 heteroatoms. The normalized spacial score (nSPS) is 20.2.